The van der Waals surface area contributed by atoms with Gasteiger partial charge in [0.25, 0.3) is 0 Å². The number of ether oxygens (including phenoxy) is 1. The van der Waals surface area contributed by atoms with Crippen molar-refractivity contribution in [3.8, 4) is 11.5 Å². The highest BCUT2D eigenvalue weighted by Crippen LogP contribution is 2.33. The summed E-state index contributed by atoms with van der Waals surface area (Å²) >= 11 is 2.15. The summed E-state index contributed by atoms with van der Waals surface area (Å²) in [6.45, 7) is 5.60. The van der Waals surface area contributed by atoms with Gasteiger partial charge in [-0.15, -0.1) is 0 Å². The molecule has 100 valence electrons. The topological polar surface area (TPSA) is 32.7 Å². The number of benzene rings is 1. The van der Waals surface area contributed by atoms with Crippen LogP contribution in [0.15, 0.2) is 12.1 Å². The number of methoxy groups -OCH3 is 1. The minimum Gasteiger partial charge on any atom is -0.504 e. The van der Waals surface area contributed by atoms with Gasteiger partial charge in [0.05, 0.1) is 10.7 Å². The van der Waals surface area contributed by atoms with Gasteiger partial charge in [-0.25, -0.2) is 0 Å². The predicted octanol–water partition coefficient (Wildman–Crippen LogP) is 3.24. The number of rotatable bonds is 3. The van der Waals surface area contributed by atoms with Gasteiger partial charge < -0.3 is 9.84 Å². The van der Waals surface area contributed by atoms with Gasteiger partial charge in [0.1, 0.15) is 0 Å². The van der Waals surface area contributed by atoms with Crippen LogP contribution in [0.25, 0.3) is 0 Å². The first-order chi connectivity index (χ1) is 8.60. The van der Waals surface area contributed by atoms with Crippen molar-refractivity contribution in [3.05, 3.63) is 21.3 Å². The van der Waals surface area contributed by atoms with Crippen LogP contribution >= 0.6 is 22.6 Å². The molecule has 1 aromatic carbocycles. The Morgan fingerprint density at radius 2 is 2.06 bits per heavy atom. The zero-order chi connectivity index (χ0) is 13.1. The van der Waals surface area contributed by atoms with Crippen LogP contribution in [0.5, 0.6) is 11.5 Å². The Bertz CT molecular complexity index is 415. The van der Waals surface area contributed by atoms with Crippen molar-refractivity contribution >= 4 is 22.6 Å². The Morgan fingerprint density at radius 1 is 1.39 bits per heavy atom. The molecule has 0 bridgehead atoms. The second kappa shape index (κ2) is 6.10. The van der Waals surface area contributed by atoms with Crippen LogP contribution in [0, 0.1) is 9.49 Å². The van der Waals surface area contributed by atoms with E-state index in [1.165, 1.54) is 31.5 Å². The average Bonchev–Trinajstić information content (AvgIpc) is 2.36. The van der Waals surface area contributed by atoms with Crippen molar-refractivity contribution in [3.63, 3.8) is 0 Å². The van der Waals surface area contributed by atoms with E-state index in [1.807, 2.05) is 12.1 Å². The summed E-state index contributed by atoms with van der Waals surface area (Å²) in [5, 5.41) is 9.82. The molecule has 1 saturated heterocycles. The first-order valence-electron chi connectivity index (χ1n) is 6.38. The molecule has 1 aliphatic rings. The van der Waals surface area contributed by atoms with Crippen molar-refractivity contribution in [2.75, 3.05) is 20.2 Å². The zero-order valence-corrected chi connectivity index (χ0v) is 13.1. The third-order valence-corrected chi connectivity index (χ3v) is 4.41. The van der Waals surface area contributed by atoms with E-state index < -0.39 is 0 Å². The highest BCUT2D eigenvalue weighted by molar-refractivity contribution is 14.1. The van der Waals surface area contributed by atoms with Gasteiger partial charge in [0.15, 0.2) is 11.5 Å². The van der Waals surface area contributed by atoms with Gasteiger partial charge >= 0.3 is 0 Å². The fourth-order valence-corrected chi connectivity index (χ4v) is 3.02. The first-order valence-corrected chi connectivity index (χ1v) is 7.45. The molecule has 1 aliphatic heterocycles. The lowest BCUT2D eigenvalue weighted by molar-refractivity contribution is 0.185. The molecular weight excluding hydrogens is 341 g/mol. The Hall–Kier alpha value is -0.490. The van der Waals surface area contributed by atoms with E-state index in [-0.39, 0.29) is 5.75 Å². The summed E-state index contributed by atoms with van der Waals surface area (Å²) in [5.74, 6) is 1.67. The summed E-state index contributed by atoms with van der Waals surface area (Å²) < 4.78 is 6.05. The van der Waals surface area contributed by atoms with E-state index in [2.05, 4.69) is 34.4 Å². The Morgan fingerprint density at radius 3 is 2.67 bits per heavy atom. The van der Waals surface area contributed by atoms with E-state index in [0.29, 0.717) is 5.75 Å². The van der Waals surface area contributed by atoms with Crippen LogP contribution in [0.3, 0.4) is 0 Å². The molecule has 3 nitrogen and oxygen atoms in total. The van der Waals surface area contributed by atoms with E-state index in [0.717, 1.165) is 16.0 Å². The molecule has 2 rings (SSSR count). The highest BCUT2D eigenvalue weighted by atomic mass is 127. The number of aromatic hydroxyl groups is 1. The quantitative estimate of drug-likeness (QED) is 0.840. The monoisotopic (exact) mass is 361 g/mol. The fourth-order valence-electron chi connectivity index (χ4n) is 2.35. The molecule has 1 fully saturated rings. The average molecular weight is 361 g/mol. The van der Waals surface area contributed by atoms with Gasteiger partial charge in [-0.3, -0.25) is 4.90 Å². The SMILES string of the molecule is COc1cc(CN2CCC(C)CC2)cc(I)c1O. The molecule has 18 heavy (non-hydrogen) atoms. The van der Waals surface area contributed by atoms with Crippen molar-refractivity contribution in [2.24, 2.45) is 5.92 Å². The van der Waals surface area contributed by atoms with Gasteiger partial charge in [0.2, 0.25) is 0 Å². The smallest absolute Gasteiger partial charge is 0.171 e. The van der Waals surface area contributed by atoms with E-state index in [9.17, 15) is 5.11 Å². The number of nitrogens with zero attached hydrogens (tertiary/aromatic N) is 1. The van der Waals surface area contributed by atoms with Crippen LogP contribution in [-0.4, -0.2) is 30.2 Å². The summed E-state index contributed by atoms with van der Waals surface area (Å²) in [7, 11) is 1.59. The highest BCUT2D eigenvalue weighted by Gasteiger charge is 2.17. The fraction of sp³-hybridized carbons (Fsp3) is 0.571. The molecule has 1 aromatic rings. The number of hydrogen-bond donors (Lipinski definition) is 1. The van der Waals surface area contributed by atoms with Crippen molar-refractivity contribution in [2.45, 2.75) is 26.3 Å². The normalized spacial score (nSPS) is 17.9. The van der Waals surface area contributed by atoms with Gasteiger partial charge in [-0.2, -0.15) is 0 Å². The maximum atomic E-state index is 9.82. The zero-order valence-electron chi connectivity index (χ0n) is 10.9. The second-order valence-electron chi connectivity index (χ2n) is 5.09. The lowest BCUT2D eigenvalue weighted by Gasteiger charge is -2.30. The maximum Gasteiger partial charge on any atom is 0.171 e. The van der Waals surface area contributed by atoms with Crippen molar-refractivity contribution < 1.29 is 9.84 Å². The van der Waals surface area contributed by atoms with Crippen LogP contribution < -0.4 is 4.74 Å². The largest absolute Gasteiger partial charge is 0.504 e. The minimum absolute atomic E-state index is 0.245. The number of likely N-dealkylation sites (tertiary alicyclic amines) is 1. The Balaban J connectivity index is 2.07. The molecule has 0 radical (unpaired) electrons. The molecule has 0 amide bonds. The van der Waals surface area contributed by atoms with Crippen LogP contribution in [0.1, 0.15) is 25.3 Å². The van der Waals surface area contributed by atoms with Gasteiger partial charge in [0, 0.05) is 6.54 Å². The summed E-state index contributed by atoms with van der Waals surface area (Å²) in [4.78, 5) is 2.47. The predicted molar refractivity (Wildman–Crippen MR) is 81.1 cm³/mol. The van der Waals surface area contributed by atoms with E-state index >= 15 is 0 Å². The molecule has 4 heteroatoms. The molecule has 0 aliphatic carbocycles. The molecular formula is C14H20INO2. The van der Waals surface area contributed by atoms with E-state index in [1.54, 1.807) is 7.11 Å². The third-order valence-electron chi connectivity index (χ3n) is 3.59. The Kier molecular flexibility index (Phi) is 4.72. The Labute approximate surface area is 122 Å². The summed E-state index contributed by atoms with van der Waals surface area (Å²) in [6, 6.07) is 3.98. The first kappa shape index (κ1) is 13.9. The number of phenolic OH excluding ortho intramolecular Hbond substituents is 1. The molecule has 0 saturated carbocycles. The van der Waals surface area contributed by atoms with Crippen molar-refractivity contribution in [1.29, 1.82) is 0 Å². The molecule has 0 spiro atoms. The lowest BCUT2D eigenvalue weighted by atomic mass is 9.99. The molecule has 0 aromatic heterocycles. The van der Waals surface area contributed by atoms with Gasteiger partial charge in [-0.05, 0) is 72.1 Å². The number of hydrogen-bond acceptors (Lipinski definition) is 3. The second-order valence-corrected chi connectivity index (χ2v) is 6.25. The van der Waals surface area contributed by atoms with Crippen LogP contribution in [-0.2, 0) is 6.54 Å². The molecule has 0 unspecified atom stereocenters. The lowest BCUT2D eigenvalue weighted by Crippen LogP contribution is -2.32. The molecule has 0 atom stereocenters. The van der Waals surface area contributed by atoms with Crippen LogP contribution in [0.2, 0.25) is 0 Å². The molecule has 1 N–H and O–H groups in total. The number of phenols is 1. The summed E-state index contributed by atoms with van der Waals surface area (Å²) in [6.07, 6.45) is 2.57. The van der Waals surface area contributed by atoms with Crippen molar-refractivity contribution in [1.82, 2.24) is 4.90 Å². The van der Waals surface area contributed by atoms with Gasteiger partial charge in [-0.1, -0.05) is 6.92 Å². The van der Waals surface area contributed by atoms with E-state index in [4.69, 9.17) is 4.74 Å². The minimum atomic E-state index is 0.245. The standard InChI is InChI=1S/C14H20INO2/c1-10-3-5-16(6-4-10)9-11-7-12(15)14(17)13(8-11)18-2/h7-8,10,17H,3-6,9H2,1-2H3. The number of piperidine rings is 1. The third kappa shape index (κ3) is 3.29. The summed E-state index contributed by atoms with van der Waals surface area (Å²) in [5.41, 5.74) is 1.21. The molecule has 1 heterocycles. The van der Waals surface area contributed by atoms with Crippen LogP contribution in [0.4, 0.5) is 0 Å². The maximum absolute atomic E-state index is 9.82. The number of halogens is 1.